The first-order valence-corrected chi connectivity index (χ1v) is 7.74. The average molecular weight is 346 g/mol. The van der Waals surface area contributed by atoms with Gasteiger partial charge in [0.05, 0.1) is 15.8 Å². The molecule has 1 aromatic carbocycles. The third-order valence-electron chi connectivity index (χ3n) is 3.22. The molecule has 1 heterocycles. The number of carbonyl (C=O) groups excluding carboxylic acids is 1. The molecule has 0 aliphatic heterocycles. The second-order valence-electron chi connectivity index (χ2n) is 4.76. The highest BCUT2D eigenvalue weighted by molar-refractivity contribution is 7.16. The van der Waals surface area contributed by atoms with E-state index in [2.05, 4.69) is 5.32 Å². The Morgan fingerprint density at radius 1 is 1.32 bits per heavy atom. The fourth-order valence-corrected chi connectivity index (χ4v) is 3.08. The maximum atomic E-state index is 13.5. The molecule has 2 unspecified atom stereocenters. The van der Waals surface area contributed by atoms with E-state index in [0.29, 0.717) is 4.34 Å². The van der Waals surface area contributed by atoms with Crippen LogP contribution in [0.3, 0.4) is 0 Å². The van der Waals surface area contributed by atoms with E-state index in [1.165, 1.54) is 17.4 Å². The van der Waals surface area contributed by atoms with Crippen molar-refractivity contribution in [2.24, 2.45) is 0 Å². The number of carbonyl (C=O) groups is 1. The summed E-state index contributed by atoms with van der Waals surface area (Å²) in [6.45, 7) is 1.41. The van der Waals surface area contributed by atoms with Gasteiger partial charge in [-0.1, -0.05) is 17.7 Å². The lowest BCUT2D eigenvalue weighted by molar-refractivity contribution is -0.122. The zero-order chi connectivity index (χ0) is 16.3. The summed E-state index contributed by atoms with van der Waals surface area (Å²) in [6.07, 6.45) is -1.45. The highest BCUT2D eigenvalue weighted by atomic mass is 35.5. The number of hydrogen-bond acceptors (Lipinski definition) is 3. The van der Waals surface area contributed by atoms with E-state index in [1.807, 2.05) is 0 Å². The van der Waals surface area contributed by atoms with Crippen molar-refractivity contribution in [1.29, 1.82) is 0 Å². The normalized spacial score (nSPS) is 13.7. The molecule has 0 saturated carbocycles. The fraction of sp³-hybridized carbons (Fsp3) is 0.267. The molecule has 2 N–H and O–H groups in total. The maximum Gasteiger partial charge on any atom is 0.228 e. The minimum absolute atomic E-state index is 0.278. The Balaban J connectivity index is 1.99. The van der Waals surface area contributed by atoms with Crippen LogP contribution in [0.2, 0.25) is 4.34 Å². The minimum Gasteiger partial charge on any atom is -0.386 e. The summed E-state index contributed by atoms with van der Waals surface area (Å²) in [5.41, 5.74) is -0.449. The molecular weight excluding hydrogens is 332 g/mol. The lowest BCUT2D eigenvalue weighted by atomic mass is 10.1. The number of aliphatic hydroxyl groups excluding tert-OH is 1. The summed E-state index contributed by atoms with van der Waals surface area (Å²) in [6, 6.07) is 6.75. The second-order valence-corrected chi connectivity index (χ2v) is 6.51. The van der Waals surface area contributed by atoms with Crippen molar-refractivity contribution in [3.63, 3.8) is 0 Å². The first-order chi connectivity index (χ1) is 10.4. The molecule has 2 rings (SSSR count). The fourth-order valence-electron chi connectivity index (χ4n) is 1.97. The number of thiophene rings is 1. The average Bonchev–Trinajstić information content (AvgIpc) is 2.90. The van der Waals surface area contributed by atoms with Crippen LogP contribution >= 0.6 is 22.9 Å². The molecule has 22 heavy (non-hydrogen) atoms. The highest BCUT2D eigenvalue weighted by Crippen LogP contribution is 2.28. The van der Waals surface area contributed by atoms with Crippen LogP contribution in [-0.2, 0) is 4.79 Å². The molecular formula is C15H14ClF2NO2S. The van der Waals surface area contributed by atoms with Gasteiger partial charge in [-0.25, -0.2) is 8.78 Å². The van der Waals surface area contributed by atoms with Gasteiger partial charge in [-0.2, -0.15) is 0 Å². The van der Waals surface area contributed by atoms with Crippen LogP contribution in [0.1, 0.15) is 29.4 Å². The van der Waals surface area contributed by atoms with Gasteiger partial charge in [0.15, 0.2) is 0 Å². The molecule has 3 nitrogen and oxygen atoms in total. The number of aliphatic hydroxyl groups is 1. The van der Waals surface area contributed by atoms with E-state index in [0.717, 1.165) is 17.0 Å². The van der Waals surface area contributed by atoms with E-state index in [4.69, 9.17) is 11.6 Å². The molecule has 0 spiro atoms. The van der Waals surface area contributed by atoms with Crippen LogP contribution < -0.4 is 5.32 Å². The molecule has 1 amide bonds. The Bertz CT molecular complexity index is 657. The zero-order valence-corrected chi connectivity index (χ0v) is 13.2. The van der Waals surface area contributed by atoms with Crippen LogP contribution in [0.15, 0.2) is 30.3 Å². The Morgan fingerprint density at radius 2 is 1.95 bits per heavy atom. The number of hydrogen-bond donors (Lipinski definition) is 2. The molecule has 0 saturated heterocycles. The van der Waals surface area contributed by atoms with Gasteiger partial charge >= 0.3 is 0 Å². The molecule has 0 radical (unpaired) electrons. The van der Waals surface area contributed by atoms with Crippen LogP contribution in [0.5, 0.6) is 0 Å². The largest absolute Gasteiger partial charge is 0.386 e. The Morgan fingerprint density at radius 3 is 2.50 bits per heavy atom. The molecule has 2 aromatic rings. The van der Waals surface area contributed by atoms with Crippen LogP contribution in [-0.4, -0.2) is 17.6 Å². The first kappa shape index (κ1) is 16.9. The SMILES string of the molecule is CC(C(=O)NCC(O)c1c(F)cccc1F)c1ccc(Cl)s1. The topological polar surface area (TPSA) is 49.3 Å². The van der Waals surface area contributed by atoms with E-state index < -0.39 is 29.2 Å². The van der Waals surface area contributed by atoms with Crippen molar-refractivity contribution >= 4 is 28.8 Å². The van der Waals surface area contributed by atoms with Gasteiger partial charge in [-0.15, -0.1) is 11.3 Å². The quantitative estimate of drug-likeness (QED) is 0.869. The van der Waals surface area contributed by atoms with E-state index >= 15 is 0 Å². The van der Waals surface area contributed by atoms with Gasteiger partial charge in [-0.05, 0) is 31.2 Å². The van der Waals surface area contributed by atoms with Crippen molar-refractivity contribution in [2.45, 2.75) is 18.9 Å². The first-order valence-electron chi connectivity index (χ1n) is 6.55. The van der Waals surface area contributed by atoms with E-state index in [1.54, 1.807) is 19.1 Å². The molecule has 0 bridgehead atoms. The molecule has 2 atom stereocenters. The van der Waals surface area contributed by atoms with Crippen LogP contribution in [0.4, 0.5) is 8.78 Å². The van der Waals surface area contributed by atoms with Crippen molar-refractivity contribution in [2.75, 3.05) is 6.54 Å². The summed E-state index contributed by atoms with van der Waals surface area (Å²) in [5.74, 6) is -2.51. The maximum absolute atomic E-state index is 13.5. The lowest BCUT2D eigenvalue weighted by Gasteiger charge is -2.16. The molecule has 0 fully saturated rings. The summed E-state index contributed by atoms with van der Waals surface area (Å²) in [7, 11) is 0. The van der Waals surface area contributed by atoms with Crippen LogP contribution in [0, 0.1) is 11.6 Å². The summed E-state index contributed by atoms with van der Waals surface area (Å²) >= 11 is 7.10. The Kier molecular flexibility index (Phi) is 5.50. The van der Waals surface area contributed by atoms with Crippen molar-refractivity contribution in [3.05, 3.63) is 56.7 Å². The lowest BCUT2D eigenvalue weighted by Crippen LogP contribution is -2.32. The minimum atomic E-state index is -1.45. The number of nitrogens with one attached hydrogen (secondary N) is 1. The number of benzene rings is 1. The third-order valence-corrected chi connectivity index (χ3v) is 4.63. The Labute approximate surface area is 135 Å². The van der Waals surface area contributed by atoms with Gasteiger partial charge in [0, 0.05) is 11.4 Å². The van der Waals surface area contributed by atoms with Gasteiger partial charge in [-0.3, -0.25) is 4.79 Å². The third kappa shape index (κ3) is 3.82. The molecule has 1 aromatic heterocycles. The predicted molar refractivity (Wildman–Crippen MR) is 82.1 cm³/mol. The molecule has 118 valence electrons. The summed E-state index contributed by atoms with van der Waals surface area (Å²) in [4.78, 5) is 12.8. The van der Waals surface area contributed by atoms with Gasteiger partial charge in [0.25, 0.3) is 0 Å². The van der Waals surface area contributed by atoms with Crippen molar-refractivity contribution < 1.29 is 18.7 Å². The highest BCUT2D eigenvalue weighted by Gasteiger charge is 2.21. The van der Waals surface area contributed by atoms with Crippen molar-refractivity contribution in [3.8, 4) is 0 Å². The smallest absolute Gasteiger partial charge is 0.228 e. The molecule has 0 aliphatic rings. The zero-order valence-electron chi connectivity index (χ0n) is 11.6. The molecule has 0 aliphatic carbocycles. The molecule has 7 heteroatoms. The number of rotatable bonds is 5. The summed E-state index contributed by atoms with van der Waals surface area (Å²) in [5, 5.41) is 12.4. The second kappa shape index (κ2) is 7.17. The monoisotopic (exact) mass is 345 g/mol. The van der Waals surface area contributed by atoms with E-state index in [9.17, 15) is 18.7 Å². The predicted octanol–water partition coefficient (Wildman–Crippen LogP) is 3.63. The number of halogens is 3. The van der Waals surface area contributed by atoms with Gasteiger partial charge in [0.1, 0.15) is 17.7 Å². The van der Waals surface area contributed by atoms with E-state index in [-0.39, 0.29) is 12.5 Å². The van der Waals surface area contributed by atoms with Gasteiger partial charge in [0.2, 0.25) is 5.91 Å². The Hall–Kier alpha value is -1.50. The number of amides is 1. The summed E-state index contributed by atoms with van der Waals surface area (Å²) < 4.78 is 27.6. The van der Waals surface area contributed by atoms with Gasteiger partial charge < -0.3 is 10.4 Å². The van der Waals surface area contributed by atoms with Crippen molar-refractivity contribution in [1.82, 2.24) is 5.32 Å². The van der Waals surface area contributed by atoms with Crippen LogP contribution in [0.25, 0.3) is 0 Å². The standard InChI is InChI=1S/C15H14ClF2NO2S/c1-8(12-5-6-13(16)22-12)15(21)19-7-11(20)14-9(17)3-2-4-10(14)18/h2-6,8,11,20H,7H2,1H3,(H,19,21).